The van der Waals surface area contributed by atoms with E-state index in [1.54, 1.807) is 7.11 Å². The van der Waals surface area contributed by atoms with Gasteiger partial charge in [0.2, 0.25) is 0 Å². The number of urea groups is 1. The van der Waals surface area contributed by atoms with E-state index in [0.717, 1.165) is 24.2 Å². The Labute approximate surface area is 115 Å². The molecule has 0 unspecified atom stereocenters. The van der Waals surface area contributed by atoms with Gasteiger partial charge in [-0.3, -0.25) is 0 Å². The molecule has 0 fully saturated rings. The zero-order valence-electron chi connectivity index (χ0n) is 11.9. The van der Waals surface area contributed by atoms with Gasteiger partial charge in [-0.25, -0.2) is 4.79 Å². The molecule has 0 atom stereocenters. The van der Waals surface area contributed by atoms with Gasteiger partial charge in [-0.1, -0.05) is 38.3 Å². The van der Waals surface area contributed by atoms with Gasteiger partial charge in [0, 0.05) is 19.3 Å². The van der Waals surface area contributed by atoms with Crippen LogP contribution >= 0.6 is 0 Å². The Hall–Kier alpha value is -1.55. The highest BCUT2D eigenvalue weighted by Crippen LogP contribution is 2.11. The van der Waals surface area contributed by atoms with Crippen molar-refractivity contribution in [1.29, 1.82) is 0 Å². The van der Waals surface area contributed by atoms with Crippen molar-refractivity contribution in [2.24, 2.45) is 0 Å². The molecule has 0 aromatic heterocycles. The molecule has 0 aliphatic heterocycles. The molecule has 4 heteroatoms. The quantitative estimate of drug-likeness (QED) is 0.706. The number of nitrogens with one attached hydrogen (secondary N) is 2. The lowest BCUT2D eigenvalue weighted by Gasteiger charge is -2.08. The Morgan fingerprint density at radius 2 is 2.11 bits per heavy atom. The number of unbranched alkanes of at least 4 members (excludes halogenated alkanes) is 3. The molecule has 1 rings (SSSR count). The predicted octanol–water partition coefficient (Wildman–Crippen LogP) is 3.53. The summed E-state index contributed by atoms with van der Waals surface area (Å²) in [6, 6.07) is 7.52. The van der Waals surface area contributed by atoms with Gasteiger partial charge in [-0.2, -0.15) is 0 Å². The zero-order chi connectivity index (χ0) is 13.9. The number of benzene rings is 1. The first kappa shape index (κ1) is 15.5. The number of ether oxygens (including phenoxy) is 1. The normalized spacial score (nSPS) is 10.2. The molecular weight excluding hydrogens is 240 g/mol. The average Bonchev–Trinajstić information content (AvgIpc) is 2.39. The molecule has 2 amide bonds. The maximum Gasteiger partial charge on any atom is 0.319 e. The lowest BCUT2D eigenvalue weighted by atomic mass is 10.2. The lowest BCUT2D eigenvalue weighted by molar-refractivity contribution is 0.185. The first-order valence-electron chi connectivity index (χ1n) is 6.89. The number of rotatable bonds is 8. The summed E-state index contributed by atoms with van der Waals surface area (Å²) in [5, 5.41) is 5.69. The highest BCUT2D eigenvalue weighted by Gasteiger charge is 2.01. The lowest BCUT2D eigenvalue weighted by Crippen LogP contribution is -2.29. The molecule has 0 saturated carbocycles. The topological polar surface area (TPSA) is 50.4 Å². The van der Waals surface area contributed by atoms with Crippen LogP contribution in [0.2, 0.25) is 0 Å². The molecule has 1 aromatic rings. The largest absolute Gasteiger partial charge is 0.380 e. The van der Waals surface area contributed by atoms with Crippen LogP contribution in [-0.2, 0) is 11.3 Å². The van der Waals surface area contributed by atoms with Crippen LogP contribution in [0.25, 0.3) is 0 Å². The fraction of sp³-hybridized carbons (Fsp3) is 0.533. The van der Waals surface area contributed by atoms with Crippen LogP contribution in [0.5, 0.6) is 0 Å². The number of hydrogen-bond acceptors (Lipinski definition) is 2. The number of carbonyl (C=O) groups excluding carboxylic acids is 1. The number of methoxy groups -OCH3 is 1. The van der Waals surface area contributed by atoms with Crippen molar-refractivity contribution in [1.82, 2.24) is 5.32 Å². The molecule has 1 aromatic carbocycles. The van der Waals surface area contributed by atoms with Crippen molar-refractivity contribution < 1.29 is 9.53 Å². The van der Waals surface area contributed by atoms with E-state index in [-0.39, 0.29) is 6.03 Å². The Morgan fingerprint density at radius 1 is 1.26 bits per heavy atom. The van der Waals surface area contributed by atoms with Crippen molar-refractivity contribution in [2.75, 3.05) is 19.0 Å². The molecule has 0 radical (unpaired) electrons. The van der Waals surface area contributed by atoms with Gasteiger partial charge in [0.25, 0.3) is 0 Å². The van der Waals surface area contributed by atoms with E-state index in [1.165, 1.54) is 19.3 Å². The van der Waals surface area contributed by atoms with E-state index in [1.807, 2.05) is 24.3 Å². The second-order valence-electron chi connectivity index (χ2n) is 4.57. The molecular formula is C15H24N2O2. The molecule has 4 nitrogen and oxygen atoms in total. The van der Waals surface area contributed by atoms with E-state index in [9.17, 15) is 4.79 Å². The second-order valence-corrected chi connectivity index (χ2v) is 4.57. The third-order valence-corrected chi connectivity index (χ3v) is 2.81. The van der Waals surface area contributed by atoms with Gasteiger partial charge in [-0.05, 0) is 24.1 Å². The minimum atomic E-state index is -0.147. The molecule has 0 aliphatic carbocycles. The Balaban J connectivity index is 2.29. The van der Waals surface area contributed by atoms with Crippen molar-refractivity contribution in [3.8, 4) is 0 Å². The van der Waals surface area contributed by atoms with Crippen LogP contribution in [0, 0.1) is 0 Å². The van der Waals surface area contributed by atoms with Crippen molar-refractivity contribution in [3.05, 3.63) is 29.8 Å². The van der Waals surface area contributed by atoms with Gasteiger partial charge in [0.15, 0.2) is 0 Å². The molecule has 0 bridgehead atoms. The third-order valence-electron chi connectivity index (χ3n) is 2.81. The smallest absolute Gasteiger partial charge is 0.319 e. The first-order valence-corrected chi connectivity index (χ1v) is 6.89. The number of anilines is 1. The van der Waals surface area contributed by atoms with Crippen LogP contribution < -0.4 is 10.6 Å². The van der Waals surface area contributed by atoms with E-state index < -0.39 is 0 Å². The first-order chi connectivity index (χ1) is 9.26. The predicted molar refractivity (Wildman–Crippen MR) is 78.3 cm³/mol. The summed E-state index contributed by atoms with van der Waals surface area (Å²) in [5.41, 5.74) is 1.84. The minimum Gasteiger partial charge on any atom is -0.380 e. The highest BCUT2D eigenvalue weighted by molar-refractivity contribution is 5.89. The average molecular weight is 264 g/mol. The zero-order valence-corrected chi connectivity index (χ0v) is 11.9. The highest BCUT2D eigenvalue weighted by atomic mass is 16.5. The van der Waals surface area contributed by atoms with Crippen LogP contribution in [0.4, 0.5) is 10.5 Å². The van der Waals surface area contributed by atoms with E-state index in [2.05, 4.69) is 17.6 Å². The number of carbonyl (C=O) groups is 1. The Kier molecular flexibility index (Phi) is 7.66. The van der Waals surface area contributed by atoms with E-state index in [4.69, 9.17) is 4.74 Å². The third kappa shape index (κ3) is 6.82. The fourth-order valence-electron chi connectivity index (χ4n) is 1.83. The summed E-state index contributed by atoms with van der Waals surface area (Å²) >= 11 is 0. The standard InChI is InChI=1S/C15H24N2O2/c1-3-4-5-6-10-16-15(18)17-14-9-7-8-13(11-14)12-19-2/h7-9,11H,3-6,10,12H2,1-2H3,(H2,16,17,18). The molecule has 19 heavy (non-hydrogen) atoms. The summed E-state index contributed by atoms with van der Waals surface area (Å²) in [4.78, 5) is 11.7. The van der Waals surface area contributed by atoms with Gasteiger partial charge < -0.3 is 15.4 Å². The van der Waals surface area contributed by atoms with E-state index >= 15 is 0 Å². The monoisotopic (exact) mass is 264 g/mol. The number of hydrogen-bond donors (Lipinski definition) is 2. The van der Waals surface area contributed by atoms with Gasteiger partial charge >= 0.3 is 6.03 Å². The van der Waals surface area contributed by atoms with Crippen LogP contribution in [0.15, 0.2) is 24.3 Å². The fourth-order valence-corrected chi connectivity index (χ4v) is 1.83. The summed E-state index contributed by atoms with van der Waals surface area (Å²) in [6.45, 7) is 3.45. The van der Waals surface area contributed by atoms with Gasteiger partial charge in [0.1, 0.15) is 0 Å². The minimum absolute atomic E-state index is 0.147. The molecule has 0 saturated heterocycles. The molecule has 0 spiro atoms. The van der Waals surface area contributed by atoms with Crippen molar-refractivity contribution in [3.63, 3.8) is 0 Å². The van der Waals surface area contributed by atoms with Gasteiger partial charge in [-0.15, -0.1) is 0 Å². The van der Waals surface area contributed by atoms with Gasteiger partial charge in [0.05, 0.1) is 6.61 Å². The molecule has 106 valence electrons. The summed E-state index contributed by atoms with van der Waals surface area (Å²) in [6.07, 6.45) is 4.63. The maximum absolute atomic E-state index is 11.7. The van der Waals surface area contributed by atoms with Crippen LogP contribution in [0.1, 0.15) is 38.2 Å². The summed E-state index contributed by atoms with van der Waals surface area (Å²) < 4.78 is 5.06. The molecule has 0 aliphatic rings. The summed E-state index contributed by atoms with van der Waals surface area (Å²) in [5.74, 6) is 0. The summed E-state index contributed by atoms with van der Waals surface area (Å²) in [7, 11) is 1.66. The van der Waals surface area contributed by atoms with E-state index in [0.29, 0.717) is 6.61 Å². The number of amides is 2. The molecule has 2 N–H and O–H groups in total. The van der Waals surface area contributed by atoms with Crippen LogP contribution in [0.3, 0.4) is 0 Å². The van der Waals surface area contributed by atoms with Crippen molar-refractivity contribution in [2.45, 2.75) is 39.2 Å². The van der Waals surface area contributed by atoms with Crippen LogP contribution in [-0.4, -0.2) is 19.7 Å². The maximum atomic E-state index is 11.7. The van der Waals surface area contributed by atoms with Crippen molar-refractivity contribution >= 4 is 11.7 Å². The SMILES string of the molecule is CCCCCCNC(=O)Nc1cccc(COC)c1. The Bertz CT molecular complexity index is 380. The second kappa shape index (κ2) is 9.39. The Morgan fingerprint density at radius 3 is 2.84 bits per heavy atom. The molecule has 0 heterocycles.